The summed E-state index contributed by atoms with van der Waals surface area (Å²) in [6.07, 6.45) is 11.7. The number of quaternary nitrogens is 1. The van der Waals surface area contributed by atoms with Gasteiger partial charge in [-0.25, -0.2) is 4.79 Å². The summed E-state index contributed by atoms with van der Waals surface area (Å²) >= 11 is 0. The van der Waals surface area contributed by atoms with Crippen LogP contribution in [-0.4, -0.2) is 49.8 Å². The molecule has 0 aromatic heterocycles. The van der Waals surface area contributed by atoms with Crippen molar-refractivity contribution < 1.29 is 14.5 Å². The van der Waals surface area contributed by atoms with Gasteiger partial charge in [0.05, 0.1) is 18.3 Å². The monoisotopic (exact) mass is 354 g/mol. The highest BCUT2D eigenvalue weighted by Crippen LogP contribution is 2.45. The number of rotatable bonds is 5. The number of amides is 1. The Balaban J connectivity index is 1.60. The van der Waals surface area contributed by atoms with Gasteiger partial charge in [-0.15, -0.1) is 0 Å². The maximum Gasteiger partial charge on any atom is 0.414 e. The molecule has 4 rings (SSSR count). The molecule has 0 aromatic carbocycles. The van der Waals surface area contributed by atoms with Crippen LogP contribution in [-0.2, 0) is 9.53 Å². The first kappa shape index (κ1) is 17.1. The minimum Gasteiger partial charge on any atom is -0.483 e. The lowest BCUT2D eigenvalue weighted by Crippen LogP contribution is -3.09. The Morgan fingerprint density at radius 1 is 1.42 bits per heavy atom. The van der Waals surface area contributed by atoms with E-state index in [4.69, 9.17) is 4.74 Å². The molecule has 1 saturated carbocycles. The van der Waals surface area contributed by atoms with Crippen molar-refractivity contribution in [2.75, 3.05) is 32.8 Å². The van der Waals surface area contributed by atoms with Crippen molar-refractivity contribution in [2.45, 2.75) is 19.8 Å². The molecule has 0 aromatic rings. The van der Waals surface area contributed by atoms with E-state index >= 15 is 0 Å². The number of nitrogens with zero attached hydrogens (tertiary/aromatic N) is 2. The summed E-state index contributed by atoms with van der Waals surface area (Å²) in [5.41, 5.74) is 2.68. The van der Waals surface area contributed by atoms with E-state index in [1.165, 1.54) is 0 Å². The summed E-state index contributed by atoms with van der Waals surface area (Å²) in [6.45, 7) is 10.2. The van der Waals surface area contributed by atoms with Crippen LogP contribution >= 0.6 is 0 Å². The zero-order valence-corrected chi connectivity index (χ0v) is 15.3. The fourth-order valence-corrected chi connectivity index (χ4v) is 3.27. The van der Waals surface area contributed by atoms with Crippen molar-refractivity contribution >= 4 is 12.1 Å². The highest BCUT2D eigenvalue weighted by atomic mass is 16.5. The fraction of sp³-hybridized carbons (Fsp3) is 0.450. The summed E-state index contributed by atoms with van der Waals surface area (Å²) in [6, 6.07) is 0. The standard InChI is InChI=1S/C20H25N4O2/c1-15-4-3-5-16(12-15)24-19(25)18(26-14-20(2)6-7-20)17(13-22-24)23-10-8-21-9-11-23/h3-5,12-13,21H,1,6-11,14H2,2H3/q+1/p+1. The summed E-state index contributed by atoms with van der Waals surface area (Å²) < 4.78 is 6.11. The van der Waals surface area contributed by atoms with E-state index in [1.807, 2.05) is 24.6 Å². The van der Waals surface area contributed by atoms with Gasteiger partial charge in [0, 0.05) is 37.7 Å². The molecule has 0 bridgehead atoms. The third kappa shape index (κ3) is 3.48. The molecule has 1 unspecified atom stereocenters. The highest BCUT2D eigenvalue weighted by Gasteiger charge is 2.43. The second-order valence-corrected chi connectivity index (χ2v) is 7.69. The lowest BCUT2D eigenvalue weighted by molar-refractivity contribution is -0.782. The smallest absolute Gasteiger partial charge is 0.414 e. The molecule has 26 heavy (non-hydrogen) atoms. The van der Waals surface area contributed by atoms with Crippen LogP contribution in [0.2, 0.25) is 0 Å². The Labute approximate surface area is 154 Å². The molecule has 1 atom stereocenters. The summed E-state index contributed by atoms with van der Waals surface area (Å²) in [7, 11) is 0. The van der Waals surface area contributed by atoms with Gasteiger partial charge in [0.25, 0.3) is 11.5 Å². The van der Waals surface area contributed by atoms with E-state index < -0.39 is 0 Å². The maximum atomic E-state index is 13.2. The third-order valence-electron chi connectivity index (χ3n) is 5.30. The number of hydrogen-bond acceptors (Lipinski definition) is 5. The van der Waals surface area contributed by atoms with Crippen LogP contribution in [0.25, 0.3) is 0 Å². The first-order valence-electron chi connectivity index (χ1n) is 9.27. The van der Waals surface area contributed by atoms with Gasteiger partial charge < -0.3 is 15.0 Å². The normalized spacial score (nSPS) is 27.3. The number of carbonyl (C=O) groups excluding carboxylic acids is 1. The van der Waals surface area contributed by atoms with Gasteiger partial charge in [0.1, 0.15) is 24.4 Å². The molecular weight excluding hydrogens is 328 g/mol. The predicted octanol–water partition coefficient (Wildman–Crippen LogP) is 0.545. The number of hydrogen-bond donors (Lipinski definition) is 2. The van der Waals surface area contributed by atoms with E-state index in [-0.39, 0.29) is 11.3 Å². The first-order valence-corrected chi connectivity index (χ1v) is 9.27. The Morgan fingerprint density at radius 3 is 2.88 bits per heavy atom. The van der Waals surface area contributed by atoms with Crippen molar-refractivity contribution in [1.29, 1.82) is 0 Å². The van der Waals surface area contributed by atoms with Crippen molar-refractivity contribution in [3.63, 3.8) is 0 Å². The van der Waals surface area contributed by atoms with Crippen molar-refractivity contribution in [1.82, 2.24) is 10.2 Å². The lowest BCUT2D eigenvalue weighted by atomic mass is 10.1. The number of allylic oxidation sites excluding steroid dienone is 5. The van der Waals surface area contributed by atoms with Crippen LogP contribution in [0.5, 0.6) is 0 Å². The van der Waals surface area contributed by atoms with E-state index in [1.54, 1.807) is 6.21 Å². The second kappa shape index (κ2) is 6.78. The Morgan fingerprint density at radius 2 is 2.19 bits per heavy atom. The van der Waals surface area contributed by atoms with E-state index in [2.05, 4.69) is 28.8 Å². The summed E-state index contributed by atoms with van der Waals surface area (Å²) in [5.74, 6) is 0.315. The Hall–Kier alpha value is -2.31. The van der Waals surface area contributed by atoms with Crippen LogP contribution in [0.1, 0.15) is 19.8 Å². The maximum absolute atomic E-state index is 13.2. The van der Waals surface area contributed by atoms with Crippen molar-refractivity contribution in [2.24, 2.45) is 10.5 Å². The van der Waals surface area contributed by atoms with Gasteiger partial charge in [0.15, 0.2) is 0 Å². The molecule has 1 saturated heterocycles. The minimum absolute atomic E-state index is 0.129. The average Bonchev–Trinajstić information content (AvgIpc) is 3.39. The molecule has 1 amide bonds. The van der Waals surface area contributed by atoms with E-state index in [0.717, 1.165) is 56.0 Å². The fourth-order valence-electron chi connectivity index (χ4n) is 3.27. The third-order valence-corrected chi connectivity index (χ3v) is 5.30. The van der Waals surface area contributed by atoms with Gasteiger partial charge in [-0.3, -0.25) is 0 Å². The zero-order valence-electron chi connectivity index (χ0n) is 15.3. The predicted molar refractivity (Wildman–Crippen MR) is 99.9 cm³/mol. The topological polar surface area (TPSA) is 58.4 Å². The van der Waals surface area contributed by atoms with Crippen LogP contribution in [0.3, 0.4) is 0 Å². The van der Waals surface area contributed by atoms with Crippen LogP contribution in [0.4, 0.5) is 0 Å². The molecule has 6 nitrogen and oxygen atoms in total. The number of piperazine rings is 1. The number of carbonyl (C=O) groups is 1. The van der Waals surface area contributed by atoms with Crippen molar-refractivity contribution in [3.05, 3.63) is 54.0 Å². The molecule has 4 aliphatic rings. The number of ether oxygens (including phenoxy) is 1. The summed E-state index contributed by atoms with van der Waals surface area (Å²) in [4.78, 5) is 15.4. The molecule has 2 aliphatic carbocycles. The summed E-state index contributed by atoms with van der Waals surface area (Å²) in [5, 5.41) is 8.28. The van der Waals surface area contributed by atoms with Gasteiger partial charge in [-0.05, 0) is 12.8 Å². The lowest BCUT2D eigenvalue weighted by Gasteiger charge is -2.32. The quantitative estimate of drug-likeness (QED) is 0.708. The average molecular weight is 354 g/mol. The Bertz CT molecular complexity index is 737. The van der Waals surface area contributed by atoms with Gasteiger partial charge in [-0.1, -0.05) is 23.6 Å². The largest absolute Gasteiger partial charge is 0.483 e. The molecular formula is C20H26N4O2+2. The molecule has 6 heteroatoms. The molecule has 2 aliphatic heterocycles. The van der Waals surface area contributed by atoms with Gasteiger partial charge in [-0.2, -0.15) is 0 Å². The molecule has 2 heterocycles. The van der Waals surface area contributed by atoms with E-state index in [9.17, 15) is 4.79 Å². The second-order valence-electron chi connectivity index (χ2n) is 7.69. The highest BCUT2D eigenvalue weighted by molar-refractivity contribution is 5.95. The molecule has 2 fully saturated rings. The van der Waals surface area contributed by atoms with E-state index in [0.29, 0.717) is 17.4 Å². The van der Waals surface area contributed by atoms with Crippen molar-refractivity contribution in [3.8, 4) is 0 Å². The molecule has 0 spiro atoms. The van der Waals surface area contributed by atoms with Crippen LogP contribution in [0.15, 0.2) is 52.6 Å². The molecule has 2 N–H and O–H groups in total. The van der Waals surface area contributed by atoms with Crippen LogP contribution < -0.4 is 10.3 Å². The Kier molecular flexibility index (Phi) is 4.46. The zero-order chi connectivity index (χ0) is 18.1. The van der Waals surface area contributed by atoms with Gasteiger partial charge in [0.2, 0.25) is 0 Å². The van der Waals surface area contributed by atoms with Gasteiger partial charge >= 0.3 is 5.91 Å². The van der Waals surface area contributed by atoms with Crippen LogP contribution in [0, 0.1) is 11.8 Å². The minimum atomic E-state index is -0.129. The molecule has 0 radical (unpaired) electrons. The number of nitrogens with one attached hydrogen (secondary N) is 2. The first-order chi connectivity index (χ1) is 12.6. The SMILES string of the molecule is C=C1C=C[CH+]C([NH+]2N=CC(N3CCNCC3)=C(OCC3(C)CC3)C2=O)=C1. The molecule has 136 valence electrons.